The lowest BCUT2D eigenvalue weighted by molar-refractivity contribution is -0.00532. The van der Waals surface area contributed by atoms with Crippen LogP contribution in [0.2, 0.25) is 0 Å². The van der Waals surface area contributed by atoms with Crippen LogP contribution in [0.25, 0.3) is 0 Å². The van der Waals surface area contributed by atoms with E-state index in [4.69, 9.17) is 4.74 Å². The summed E-state index contributed by atoms with van der Waals surface area (Å²) in [5, 5.41) is 8.17. The number of rotatable bonds is 7. The summed E-state index contributed by atoms with van der Waals surface area (Å²) in [6.07, 6.45) is 8.83. The van der Waals surface area contributed by atoms with Gasteiger partial charge in [0, 0.05) is 6.61 Å². The largest absolute Gasteiger partial charge is 0.376 e. The van der Waals surface area contributed by atoms with E-state index in [2.05, 4.69) is 92.1 Å². The van der Waals surface area contributed by atoms with Gasteiger partial charge >= 0.3 is 0 Å². The van der Waals surface area contributed by atoms with Crippen LogP contribution in [0.3, 0.4) is 0 Å². The Kier molecular flexibility index (Phi) is 7.15. The first-order valence-electron chi connectivity index (χ1n) is 12.2. The Morgan fingerprint density at radius 1 is 0.871 bits per heavy atom. The molecule has 1 aliphatic carbocycles. The quantitative estimate of drug-likeness (QED) is 0.499. The highest BCUT2D eigenvalue weighted by Gasteiger charge is 2.47. The van der Waals surface area contributed by atoms with Gasteiger partial charge in [0.1, 0.15) is 0 Å². The minimum atomic E-state index is -0.0223. The molecule has 0 unspecified atom stereocenters. The van der Waals surface area contributed by atoms with Crippen LogP contribution in [0.1, 0.15) is 88.9 Å². The summed E-state index contributed by atoms with van der Waals surface area (Å²) in [6.45, 7) is 7.30. The minimum absolute atomic E-state index is 0.0223. The molecule has 0 aromatic heterocycles. The molecule has 1 saturated carbocycles. The predicted octanol–water partition coefficient (Wildman–Crippen LogP) is 6.53. The molecule has 3 heteroatoms. The molecule has 2 fully saturated rings. The lowest BCUT2D eigenvalue weighted by atomic mass is 9.79. The van der Waals surface area contributed by atoms with E-state index in [0.717, 1.165) is 12.5 Å². The van der Waals surface area contributed by atoms with Crippen molar-refractivity contribution in [1.82, 2.24) is 10.6 Å². The van der Waals surface area contributed by atoms with Crippen molar-refractivity contribution >= 4 is 0 Å². The van der Waals surface area contributed by atoms with E-state index in [1.165, 1.54) is 56.1 Å². The van der Waals surface area contributed by atoms with Gasteiger partial charge in [0.05, 0.1) is 23.3 Å². The number of nitrogens with one attached hydrogen (secondary N) is 2. The van der Waals surface area contributed by atoms with Crippen molar-refractivity contribution in [3.05, 3.63) is 71.8 Å². The van der Waals surface area contributed by atoms with Crippen molar-refractivity contribution in [1.29, 1.82) is 0 Å². The zero-order chi connectivity index (χ0) is 21.7. The Morgan fingerprint density at radius 3 is 2.00 bits per heavy atom. The van der Waals surface area contributed by atoms with Gasteiger partial charge in [-0.2, -0.15) is 0 Å². The van der Waals surface area contributed by atoms with Crippen molar-refractivity contribution in [2.24, 2.45) is 5.92 Å². The van der Waals surface area contributed by atoms with Crippen LogP contribution in [0, 0.1) is 5.92 Å². The Morgan fingerprint density at radius 2 is 1.45 bits per heavy atom. The van der Waals surface area contributed by atoms with Gasteiger partial charge in [0.25, 0.3) is 0 Å². The summed E-state index contributed by atoms with van der Waals surface area (Å²) in [6, 6.07) is 22.5. The maximum absolute atomic E-state index is 5.91. The van der Waals surface area contributed by atoms with E-state index in [0.29, 0.717) is 12.1 Å². The molecule has 0 amide bonds. The average molecular weight is 421 g/mol. The molecule has 1 spiro atoms. The van der Waals surface area contributed by atoms with Gasteiger partial charge < -0.3 is 4.74 Å². The van der Waals surface area contributed by atoms with E-state index < -0.39 is 0 Å². The van der Waals surface area contributed by atoms with Crippen LogP contribution in [0.5, 0.6) is 0 Å². The molecule has 168 valence electrons. The molecule has 3 atom stereocenters. The smallest absolute Gasteiger partial charge is 0.0700 e. The summed E-state index contributed by atoms with van der Waals surface area (Å²) in [5.74, 6) is 0.786. The summed E-state index contributed by atoms with van der Waals surface area (Å²) in [7, 11) is 0. The maximum atomic E-state index is 5.91. The summed E-state index contributed by atoms with van der Waals surface area (Å²) >= 11 is 0. The molecule has 4 rings (SSSR count). The second-order valence-electron chi connectivity index (χ2n) is 10.6. The van der Waals surface area contributed by atoms with Crippen LogP contribution in [0.15, 0.2) is 60.7 Å². The third-order valence-corrected chi connectivity index (χ3v) is 6.91. The molecule has 3 nitrogen and oxygen atoms in total. The standard InChI is InChI=1S/C28H40N2O/c1-27(2,3)31-20-11-10-13-22-14-12-19-28(21-22)29-25(23-15-6-4-7-16-23)26(30-28)24-17-8-5-9-18-24/h4-9,15-18,22,25-26,29-30H,10-14,19-21H2,1-3H3/t22-,25+,26+/m0/s1. The van der Waals surface area contributed by atoms with Gasteiger partial charge in [0.15, 0.2) is 0 Å². The van der Waals surface area contributed by atoms with E-state index >= 15 is 0 Å². The van der Waals surface area contributed by atoms with Crippen LogP contribution < -0.4 is 10.6 Å². The zero-order valence-corrected chi connectivity index (χ0v) is 19.6. The lowest BCUT2D eigenvalue weighted by Crippen LogP contribution is -2.52. The number of hydrogen-bond acceptors (Lipinski definition) is 3. The maximum Gasteiger partial charge on any atom is 0.0700 e. The first kappa shape index (κ1) is 22.5. The molecule has 2 aromatic rings. The molecule has 0 bridgehead atoms. The Balaban J connectivity index is 1.42. The molecule has 2 aromatic carbocycles. The lowest BCUT2D eigenvalue weighted by Gasteiger charge is -2.39. The third kappa shape index (κ3) is 5.97. The van der Waals surface area contributed by atoms with Gasteiger partial charge in [-0.15, -0.1) is 0 Å². The number of ether oxygens (including phenoxy) is 1. The van der Waals surface area contributed by atoms with Crippen LogP contribution in [-0.2, 0) is 4.74 Å². The molecule has 2 N–H and O–H groups in total. The molecule has 1 heterocycles. The molecule has 1 aliphatic heterocycles. The van der Waals surface area contributed by atoms with Gasteiger partial charge in [-0.25, -0.2) is 0 Å². The Labute approximate surface area is 189 Å². The van der Waals surface area contributed by atoms with Crippen molar-refractivity contribution < 1.29 is 4.74 Å². The van der Waals surface area contributed by atoms with Gasteiger partial charge in [-0.1, -0.05) is 79.9 Å². The molecule has 31 heavy (non-hydrogen) atoms. The van der Waals surface area contributed by atoms with Crippen LogP contribution >= 0.6 is 0 Å². The van der Waals surface area contributed by atoms with Crippen LogP contribution in [-0.4, -0.2) is 17.9 Å². The summed E-state index contributed by atoms with van der Waals surface area (Å²) in [5.41, 5.74) is 2.78. The first-order chi connectivity index (χ1) is 14.9. The highest BCUT2D eigenvalue weighted by Crippen LogP contribution is 2.44. The molecule has 2 aliphatic rings. The van der Waals surface area contributed by atoms with Gasteiger partial charge in [0.2, 0.25) is 0 Å². The molecular formula is C28H40N2O. The highest BCUT2D eigenvalue weighted by molar-refractivity contribution is 5.31. The topological polar surface area (TPSA) is 33.3 Å². The van der Waals surface area contributed by atoms with Gasteiger partial charge in [-0.05, 0) is 63.5 Å². The average Bonchev–Trinajstić information content (AvgIpc) is 3.13. The van der Waals surface area contributed by atoms with Crippen molar-refractivity contribution in [3.63, 3.8) is 0 Å². The van der Waals surface area contributed by atoms with E-state index in [9.17, 15) is 0 Å². The third-order valence-electron chi connectivity index (χ3n) is 6.91. The van der Waals surface area contributed by atoms with Gasteiger partial charge in [-0.3, -0.25) is 10.6 Å². The predicted molar refractivity (Wildman–Crippen MR) is 129 cm³/mol. The van der Waals surface area contributed by atoms with Crippen molar-refractivity contribution in [3.8, 4) is 0 Å². The second kappa shape index (κ2) is 9.85. The van der Waals surface area contributed by atoms with Crippen LogP contribution in [0.4, 0.5) is 0 Å². The normalized spacial score (nSPS) is 25.7. The van der Waals surface area contributed by atoms with E-state index in [1.807, 2.05) is 0 Å². The fourth-order valence-corrected chi connectivity index (χ4v) is 5.49. The van der Waals surface area contributed by atoms with Crippen molar-refractivity contribution in [2.45, 2.75) is 89.1 Å². The zero-order valence-electron chi connectivity index (χ0n) is 19.6. The van der Waals surface area contributed by atoms with Crippen molar-refractivity contribution in [2.75, 3.05) is 6.61 Å². The Bertz CT molecular complexity index is 751. The van der Waals surface area contributed by atoms with E-state index in [1.54, 1.807) is 0 Å². The number of benzene rings is 2. The molecule has 0 radical (unpaired) electrons. The monoisotopic (exact) mass is 420 g/mol. The Hall–Kier alpha value is -1.68. The molecular weight excluding hydrogens is 380 g/mol. The highest BCUT2D eigenvalue weighted by atomic mass is 16.5. The second-order valence-corrected chi connectivity index (χ2v) is 10.6. The number of hydrogen-bond donors (Lipinski definition) is 2. The fraction of sp³-hybridized carbons (Fsp3) is 0.571. The minimum Gasteiger partial charge on any atom is -0.376 e. The van der Waals surface area contributed by atoms with E-state index in [-0.39, 0.29) is 11.3 Å². The SMILES string of the molecule is CC(C)(C)OCCCC[C@H]1CCCC2(C1)N[C@H](c1ccccc1)[C@@H](c1ccccc1)N2. The summed E-state index contributed by atoms with van der Waals surface area (Å²) in [4.78, 5) is 0. The fourth-order valence-electron chi connectivity index (χ4n) is 5.49. The molecule has 1 saturated heterocycles. The number of unbranched alkanes of at least 4 members (excludes halogenated alkanes) is 1. The summed E-state index contributed by atoms with van der Waals surface area (Å²) < 4.78 is 5.91. The first-order valence-corrected chi connectivity index (χ1v) is 12.2.